The molecule has 4 heteroatoms. The summed E-state index contributed by atoms with van der Waals surface area (Å²) in [6.07, 6.45) is 4.22. The van der Waals surface area contributed by atoms with Crippen molar-refractivity contribution in [2.24, 2.45) is 0 Å². The Bertz CT molecular complexity index is 772. The minimum Gasteiger partial charge on any atom is -0.493 e. The Labute approximate surface area is 155 Å². The van der Waals surface area contributed by atoms with Crippen molar-refractivity contribution < 1.29 is 14.3 Å². The molecule has 2 aromatic rings. The van der Waals surface area contributed by atoms with Gasteiger partial charge >= 0.3 is 0 Å². The predicted octanol–water partition coefficient (Wildman–Crippen LogP) is 4.22. The van der Waals surface area contributed by atoms with E-state index in [-0.39, 0.29) is 11.9 Å². The second kappa shape index (κ2) is 8.26. The molecule has 0 aromatic heterocycles. The maximum atomic E-state index is 12.5. The molecule has 0 aliphatic heterocycles. The number of amides is 1. The molecular formula is C22H27NO3. The van der Waals surface area contributed by atoms with E-state index in [1.165, 1.54) is 30.4 Å². The number of methoxy groups -OCH3 is 1. The molecule has 2 aromatic carbocycles. The van der Waals surface area contributed by atoms with Crippen LogP contribution in [0.25, 0.3) is 0 Å². The largest absolute Gasteiger partial charge is 0.493 e. The first kappa shape index (κ1) is 18.3. The Kier molecular flexibility index (Phi) is 5.82. The van der Waals surface area contributed by atoms with E-state index in [1.54, 1.807) is 20.1 Å². The summed E-state index contributed by atoms with van der Waals surface area (Å²) in [5.41, 5.74) is 4.02. The third-order valence-electron chi connectivity index (χ3n) is 4.97. The summed E-state index contributed by atoms with van der Waals surface area (Å²) in [6, 6.07) is 13.9. The van der Waals surface area contributed by atoms with E-state index in [4.69, 9.17) is 9.47 Å². The SMILES string of the molecule is COc1ccccc1O[C@H](C)C(=O)N[C@H](C)c1ccc2c(c1)CCCC2. The van der Waals surface area contributed by atoms with Gasteiger partial charge in [0.15, 0.2) is 17.6 Å². The summed E-state index contributed by atoms with van der Waals surface area (Å²) in [7, 11) is 1.59. The maximum absolute atomic E-state index is 12.5. The van der Waals surface area contributed by atoms with E-state index in [0.29, 0.717) is 11.5 Å². The van der Waals surface area contributed by atoms with Gasteiger partial charge in [-0.3, -0.25) is 4.79 Å². The normalized spacial score (nSPS) is 15.5. The fourth-order valence-electron chi connectivity index (χ4n) is 3.40. The fourth-order valence-corrected chi connectivity index (χ4v) is 3.40. The molecule has 0 heterocycles. The van der Waals surface area contributed by atoms with Gasteiger partial charge < -0.3 is 14.8 Å². The van der Waals surface area contributed by atoms with Crippen molar-refractivity contribution in [2.75, 3.05) is 7.11 Å². The van der Waals surface area contributed by atoms with Crippen molar-refractivity contribution in [3.8, 4) is 11.5 Å². The van der Waals surface area contributed by atoms with Gasteiger partial charge in [-0.1, -0.05) is 30.3 Å². The summed E-state index contributed by atoms with van der Waals surface area (Å²) in [5.74, 6) is 1.05. The number of benzene rings is 2. The highest BCUT2D eigenvalue weighted by molar-refractivity contribution is 5.81. The number of rotatable bonds is 6. The molecule has 1 amide bonds. The maximum Gasteiger partial charge on any atom is 0.261 e. The molecule has 0 bridgehead atoms. The molecule has 0 spiro atoms. The number of carbonyl (C=O) groups excluding carboxylic acids is 1. The van der Waals surface area contributed by atoms with Crippen LogP contribution in [0.1, 0.15) is 49.4 Å². The van der Waals surface area contributed by atoms with Crippen LogP contribution in [0.5, 0.6) is 11.5 Å². The van der Waals surface area contributed by atoms with Gasteiger partial charge in [-0.15, -0.1) is 0 Å². The smallest absolute Gasteiger partial charge is 0.261 e. The Balaban J connectivity index is 1.63. The number of fused-ring (bicyclic) bond motifs is 1. The molecule has 1 aliphatic carbocycles. The molecule has 4 nitrogen and oxygen atoms in total. The van der Waals surface area contributed by atoms with Crippen LogP contribution in [0, 0.1) is 0 Å². The first-order valence-electron chi connectivity index (χ1n) is 9.30. The summed E-state index contributed by atoms with van der Waals surface area (Å²) >= 11 is 0. The molecule has 0 saturated carbocycles. The van der Waals surface area contributed by atoms with E-state index < -0.39 is 6.10 Å². The molecule has 138 valence electrons. The summed E-state index contributed by atoms with van der Waals surface area (Å²) in [4.78, 5) is 12.5. The quantitative estimate of drug-likeness (QED) is 0.846. The molecule has 1 aliphatic rings. The Morgan fingerprint density at radius 3 is 2.42 bits per heavy atom. The minimum atomic E-state index is -0.605. The molecule has 26 heavy (non-hydrogen) atoms. The lowest BCUT2D eigenvalue weighted by Crippen LogP contribution is -2.37. The first-order chi connectivity index (χ1) is 12.6. The summed E-state index contributed by atoms with van der Waals surface area (Å²) in [5, 5.41) is 3.06. The van der Waals surface area contributed by atoms with Crippen molar-refractivity contribution >= 4 is 5.91 Å². The monoisotopic (exact) mass is 353 g/mol. The van der Waals surface area contributed by atoms with E-state index in [1.807, 2.05) is 25.1 Å². The van der Waals surface area contributed by atoms with E-state index in [0.717, 1.165) is 12.0 Å². The van der Waals surface area contributed by atoms with Crippen LogP contribution in [-0.2, 0) is 17.6 Å². The van der Waals surface area contributed by atoms with Crippen molar-refractivity contribution in [1.29, 1.82) is 0 Å². The number of hydrogen-bond donors (Lipinski definition) is 1. The standard InChI is InChI=1S/C22H27NO3/c1-15(18-13-12-17-8-4-5-9-19(17)14-18)23-22(24)16(2)26-21-11-7-6-10-20(21)25-3/h6-7,10-16H,4-5,8-9H2,1-3H3,(H,23,24)/t15-,16-/m1/s1. The van der Waals surface area contributed by atoms with Crippen LogP contribution >= 0.6 is 0 Å². The van der Waals surface area contributed by atoms with Crippen LogP contribution < -0.4 is 14.8 Å². The number of hydrogen-bond acceptors (Lipinski definition) is 3. The highest BCUT2D eigenvalue weighted by Gasteiger charge is 2.20. The van der Waals surface area contributed by atoms with Gasteiger partial charge in [-0.25, -0.2) is 0 Å². The van der Waals surface area contributed by atoms with E-state index in [2.05, 4.69) is 23.5 Å². The van der Waals surface area contributed by atoms with Crippen molar-refractivity contribution in [3.63, 3.8) is 0 Å². The lowest BCUT2D eigenvalue weighted by Gasteiger charge is -2.22. The summed E-state index contributed by atoms with van der Waals surface area (Å²) < 4.78 is 11.1. The molecule has 3 rings (SSSR count). The van der Waals surface area contributed by atoms with Gasteiger partial charge in [0.25, 0.3) is 5.91 Å². The fraction of sp³-hybridized carbons (Fsp3) is 0.409. The molecule has 1 N–H and O–H groups in total. The zero-order chi connectivity index (χ0) is 18.5. The van der Waals surface area contributed by atoms with Gasteiger partial charge in [0.1, 0.15) is 0 Å². The first-order valence-corrected chi connectivity index (χ1v) is 9.30. The van der Waals surface area contributed by atoms with Gasteiger partial charge in [-0.05, 0) is 68.4 Å². The Morgan fingerprint density at radius 2 is 1.69 bits per heavy atom. The molecule has 0 fully saturated rings. The predicted molar refractivity (Wildman–Crippen MR) is 103 cm³/mol. The van der Waals surface area contributed by atoms with E-state index >= 15 is 0 Å². The van der Waals surface area contributed by atoms with Gasteiger partial charge in [0, 0.05) is 0 Å². The summed E-state index contributed by atoms with van der Waals surface area (Å²) in [6.45, 7) is 3.76. The van der Waals surface area contributed by atoms with E-state index in [9.17, 15) is 4.79 Å². The third kappa shape index (κ3) is 4.18. The molecule has 0 unspecified atom stereocenters. The van der Waals surface area contributed by atoms with Crippen LogP contribution in [-0.4, -0.2) is 19.1 Å². The second-order valence-corrected chi connectivity index (χ2v) is 6.88. The van der Waals surface area contributed by atoms with Gasteiger partial charge in [-0.2, -0.15) is 0 Å². The zero-order valence-electron chi connectivity index (χ0n) is 15.7. The topological polar surface area (TPSA) is 47.6 Å². The Morgan fingerprint density at radius 1 is 1.00 bits per heavy atom. The minimum absolute atomic E-state index is 0.0570. The highest BCUT2D eigenvalue weighted by Crippen LogP contribution is 2.27. The number of para-hydroxylation sites is 2. The number of ether oxygens (including phenoxy) is 2. The average molecular weight is 353 g/mol. The van der Waals surface area contributed by atoms with Crippen LogP contribution in [0.3, 0.4) is 0 Å². The third-order valence-corrected chi connectivity index (χ3v) is 4.97. The van der Waals surface area contributed by atoms with Crippen molar-refractivity contribution in [2.45, 2.75) is 51.7 Å². The lowest BCUT2D eigenvalue weighted by molar-refractivity contribution is -0.127. The second-order valence-electron chi connectivity index (χ2n) is 6.88. The highest BCUT2D eigenvalue weighted by atomic mass is 16.5. The van der Waals surface area contributed by atoms with Crippen LogP contribution in [0.15, 0.2) is 42.5 Å². The van der Waals surface area contributed by atoms with Gasteiger partial charge in [0.2, 0.25) is 0 Å². The van der Waals surface area contributed by atoms with Gasteiger partial charge in [0.05, 0.1) is 13.2 Å². The van der Waals surface area contributed by atoms with Crippen LogP contribution in [0.4, 0.5) is 0 Å². The Hall–Kier alpha value is -2.49. The molecule has 0 radical (unpaired) electrons. The average Bonchev–Trinajstić information content (AvgIpc) is 2.67. The number of aryl methyl sites for hydroxylation is 2. The molecular weight excluding hydrogens is 326 g/mol. The zero-order valence-corrected chi connectivity index (χ0v) is 15.7. The molecule has 0 saturated heterocycles. The number of nitrogens with one attached hydrogen (secondary N) is 1. The lowest BCUT2D eigenvalue weighted by atomic mass is 9.89. The number of carbonyl (C=O) groups is 1. The van der Waals surface area contributed by atoms with Crippen molar-refractivity contribution in [3.05, 3.63) is 59.2 Å². The van der Waals surface area contributed by atoms with Crippen molar-refractivity contribution in [1.82, 2.24) is 5.32 Å². The van der Waals surface area contributed by atoms with Crippen LogP contribution in [0.2, 0.25) is 0 Å². The molecule has 2 atom stereocenters.